The average Bonchev–Trinajstić information content (AvgIpc) is 3.42. The van der Waals surface area contributed by atoms with E-state index in [0.29, 0.717) is 22.9 Å². The molecule has 2 aromatic rings. The maximum Gasteiger partial charge on any atom is 0.383 e. The van der Waals surface area contributed by atoms with Crippen LogP contribution in [-0.2, 0) is 20.0 Å². The van der Waals surface area contributed by atoms with Crippen LogP contribution in [0.1, 0.15) is 31.2 Å². The van der Waals surface area contributed by atoms with Gasteiger partial charge in [0, 0.05) is 42.4 Å². The zero-order valence-electron chi connectivity index (χ0n) is 20.3. The van der Waals surface area contributed by atoms with Crippen LogP contribution in [0.2, 0.25) is 0 Å². The quantitative estimate of drug-likeness (QED) is 0.114. The highest BCUT2D eigenvalue weighted by atomic mass is 32.2. The normalized spacial score (nSPS) is 21.9. The molecular weight excluding hydrogens is 519 g/mol. The second-order valence-corrected chi connectivity index (χ2v) is 12.3. The van der Waals surface area contributed by atoms with Gasteiger partial charge in [0.15, 0.2) is 0 Å². The van der Waals surface area contributed by atoms with Crippen molar-refractivity contribution < 1.29 is 28.1 Å². The first-order valence-electron chi connectivity index (χ1n) is 11.9. The Morgan fingerprint density at radius 2 is 1.89 bits per heavy atom. The van der Waals surface area contributed by atoms with Gasteiger partial charge in [-0.3, -0.25) is 14.9 Å². The first kappa shape index (κ1) is 27.0. The molecule has 2 heterocycles. The monoisotopic (exact) mass is 548 g/mol. The van der Waals surface area contributed by atoms with Gasteiger partial charge < -0.3 is 25.0 Å². The first-order chi connectivity index (χ1) is 17.7. The summed E-state index contributed by atoms with van der Waals surface area (Å²) in [6, 6.07) is 12.5. The van der Waals surface area contributed by atoms with Gasteiger partial charge in [-0.05, 0) is 42.7 Å². The van der Waals surface area contributed by atoms with Crippen molar-refractivity contribution in [3.63, 3.8) is 0 Å². The SMILES string of the molecule is COP(=O)(Cc1ccc(NC(=O)CCCCC2SCC3NC(=O)NC32)cc1)Oc1ccc([N+](=O)[O-])cc1. The minimum Gasteiger partial charge on any atom is -0.424 e. The van der Waals surface area contributed by atoms with Crippen LogP contribution in [0.4, 0.5) is 16.2 Å². The third-order valence-electron chi connectivity index (χ3n) is 6.26. The molecule has 4 unspecified atom stereocenters. The van der Waals surface area contributed by atoms with Crippen molar-refractivity contribution in [1.29, 1.82) is 0 Å². The van der Waals surface area contributed by atoms with Crippen LogP contribution in [0.15, 0.2) is 48.5 Å². The van der Waals surface area contributed by atoms with E-state index in [1.807, 2.05) is 11.8 Å². The second-order valence-electron chi connectivity index (χ2n) is 8.91. The topological polar surface area (TPSA) is 149 Å². The van der Waals surface area contributed by atoms with Crippen LogP contribution in [0.5, 0.6) is 5.75 Å². The van der Waals surface area contributed by atoms with Crippen molar-refractivity contribution in [2.45, 2.75) is 49.2 Å². The number of rotatable bonds is 12. The van der Waals surface area contributed by atoms with Crippen molar-refractivity contribution in [3.05, 3.63) is 64.2 Å². The summed E-state index contributed by atoms with van der Waals surface area (Å²) < 4.78 is 23.7. The number of carbonyl (C=O) groups is 2. The van der Waals surface area contributed by atoms with Crippen molar-refractivity contribution in [2.24, 2.45) is 0 Å². The summed E-state index contributed by atoms with van der Waals surface area (Å²) in [5.41, 5.74) is 1.22. The highest BCUT2D eigenvalue weighted by Gasteiger charge is 2.42. The molecule has 3 amide bonds. The summed E-state index contributed by atoms with van der Waals surface area (Å²) >= 11 is 1.87. The average molecular weight is 549 g/mol. The molecule has 37 heavy (non-hydrogen) atoms. The van der Waals surface area contributed by atoms with Crippen molar-refractivity contribution in [1.82, 2.24) is 10.6 Å². The molecule has 2 aliphatic rings. The molecule has 2 saturated heterocycles. The largest absolute Gasteiger partial charge is 0.424 e. The molecule has 0 bridgehead atoms. The molecule has 0 aromatic heterocycles. The second kappa shape index (κ2) is 12.0. The number of thioether (sulfide) groups is 1. The number of urea groups is 1. The molecule has 0 aliphatic carbocycles. The molecule has 11 nitrogen and oxygen atoms in total. The maximum absolute atomic E-state index is 13.0. The number of fused-ring (bicyclic) bond motifs is 1. The van der Waals surface area contributed by atoms with Crippen LogP contribution < -0.4 is 20.5 Å². The van der Waals surface area contributed by atoms with Gasteiger partial charge in [-0.25, -0.2) is 9.36 Å². The number of hydrogen-bond donors (Lipinski definition) is 3. The summed E-state index contributed by atoms with van der Waals surface area (Å²) in [7, 11) is -2.27. The number of anilines is 1. The van der Waals surface area contributed by atoms with Gasteiger partial charge >= 0.3 is 13.6 Å². The summed E-state index contributed by atoms with van der Waals surface area (Å²) in [5.74, 6) is 1.05. The molecule has 4 atom stereocenters. The van der Waals surface area contributed by atoms with Gasteiger partial charge in [0.1, 0.15) is 5.75 Å². The molecule has 3 N–H and O–H groups in total. The zero-order valence-corrected chi connectivity index (χ0v) is 22.0. The smallest absolute Gasteiger partial charge is 0.383 e. The maximum atomic E-state index is 13.0. The Hall–Kier alpha value is -3.08. The van der Waals surface area contributed by atoms with E-state index in [2.05, 4.69) is 16.0 Å². The van der Waals surface area contributed by atoms with E-state index in [0.717, 1.165) is 25.0 Å². The lowest BCUT2D eigenvalue weighted by molar-refractivity contribution is -0.384. The number of nitro groups is 1. The summed E-state index contributed by atoms with van der Waals surface area (Å²) in [4.78, 5) is 34.1. The third-order valence-corrected chi connectivity index (χ3v) is 9.57. The van der Waals surface area contributed by atoms with Crippen LogP contribution >= 0.6 is 19.4 Å². The molecule has 0 spiro atoms. The van der Waals surface area contributed by atoms with E-state index in [1.165, 1.54) is 31.4 Å². The zero-order chi connectivity index (χ0) is 26.4. The van der Waals surface area contributed by atoms with Gasteiger partial charge in [0.25, 0.3) is 5.69 Å². The van der Waals surface area contributed by atoms with Crippen molar-refractivity contribution in [3.8, 4) is 5.75 Å². The highest BCUT2D eigenvalue weighted by Crippen LogP contribution is 2.50. The van der Waals surface area contributed by atoms with Crippen LogP contribution in [0, 0.1) is 10.1 Å². The van der Waals surface area contributed by atoms with Gasteiger partial charge in [0.05, 0.1) is 23.2 Å². The number of unbranched alkanes of at least 4 members (excludes halogenated alkanes) is 1. The van der Waals surface area contributed by atoms with Crippen LogP contribution in [0.25, 0.3) is 0 Å². The highest BCUT2D eigenvalue weighted by molar-refractivity contribution is 8.00. The van der Waals surface area contributed by atoms with Crippen LogP contribution in [-0.4, -0.2) is 47.1 Å². The van der Waals surface area contributed by atoms with E-state index in [-0.39, 0.29) is 41.6 Å². The number of nitrogens with one attached hydrogen (secondary N) is 3. The number of non-ortho nitro benzene ring substituents is 1. The Bertz CT molecular complexity index is 1180. The molecule has 13 heteroatoms. The lowest BCUT2D eigenvalue weighted by Crippen LogP contribution is -2.36. The molecule has 4 rings (SSSR count). The van der Waals surface area contributed by atoms with E-state index >= 15 is 0 Å². The van der Waals surface area contributed by atoms with E-state index in [4.69, 9.17) is 9.05 Å². The molecular formula is C24H29N4O7PS. The Labute approximate surface area is 218 Å². The summed E-state index contributed by atoms with van der Waals surface area (Å²) in [5, 5.41) is 20.0. The van der Waals surface area contributed by atoms with E-state index < -0.39 is 12.5 Å². The minimum absolute atomic E-state index is 0.00822. The van der Waals surface area contributed by atoms with Crippen molar-refractivity contribution >= 4 is 42.7 Å². The molecule has 2 aliphatic heterocycles. The number of benzene rings is 2. The molecule has 2 fully saturated rings. The van der Waals surface area contributed by atoms with Gasteiger partial charge in [-0.1, -0.05) is 18.6 Å². The number of nitro benzene ring substituents is 1. The third kappa shape index (κ3) is 7.24. The van der Waals surface area contributed by atoms with E-state index in [9.17, 15) is 24.3 Å². The number of amides is 3. The standard InChI is InChI=1S/C24H29N4O7PS/c1-34-36(33,35-19-12-10-18(11-13-19)28(31)32)14-16-6-8-17(9-7-16)25-22(29)5-3-2-4-21-23-20(15-37-21)26-24(30)27-23/h6-13,20-21,23H,2-5,14-15H2,1H3,(H,25,29)(H2,26,27,30). The Kier molecular flexibility index (Phi) is 8.73. The fraction of sp³-hybridized carbons (Fsp3) is 0.417. The lowest BCUT2D eigenvalue weighted by atomic mass is 10.0. The predicted octanol–water partition coefficient (Wildman–Crippen LogP) is 4.68. The molecule has 198 valence electrons. The minimum atomic E-state index is -3.55. The number of nitrogens with zero attached hydrogens (tertiary/aromatic N) is 1. The van der Waals surface area contributed by atoms with E-state index in [1.54, 1.807) is 24.3 Å². The Balaban J connectivity index is 1.20. The fourth-order valence-corrected chi connectivity index (χ4v) is 7.25. The number of hydrogen-bond acceptors (Lipinski definition) is 8. The van der Waals surface area contributed by atoms with Gasteiger partial charge in [-0.15, -0.1) is 0 Å². The Morgan fingerprint density at radius 3 is 2.57 bits per heavy atom. The lowest BCUT2D eigenvalue weighted by Gasteiger charge is -2.17. The van der Waals surface area contributed by atoms with Crippen molar-refractivity contribution in [2.75, 3.05) is 18.2 Å². The summed E-state index contributed by atoms with van der Waals surface area (Å²) in [6.45, 7) is 0. The molecule has 0 saturated carbocycles. The van der Waals surface area contributed by atoms with Crippen LogP contribution in [0.3, 0.4) is 0 Å². The van der Waals surface area contributed by atoms with Gasteiger partial charge in [0.2, 0.25) is 5.91 Å². The van der Waals surface area contributed by atoms with Gasteiger partial charge in [-0.2, -0.15) is 11.8 Å². The number of carbonyl (C=O) groups excluding carboxylic acids is 2. The first-order valence-corrected chi connectivity index (χ1v) is 14.7. The fourth-order valence-electron chi connectivity index (χ4n) is 4.34. The molecule has 2 aromatic carbocycles. The molecule has 0 radical (unpaired) electrons. The summed E-state index contributed by atoms with van der Waals surface area (Å²) in [6.07, 6.45) is 3.02. The predicted molar refractivity (Wildman–Crippen MR) is 141 cm³/mol. The Morgan fingerprint density at radius 1 is 1.16 bits per heavy atom.